The predicted octanol–water partition coefficient (Wildman–Crippen LogP) is 6.09. The first-order chi connectivity index (χ1) is 12.7. The smallest absolute Gasteiger partial charge is 0.134 e. The van der Waals surface area contributed by atoms with Crippen LogP contribution in [0.4, 0.5) is 0 Å². The van der Waals surface area contributed by atoms with Crippen molar-refractivity contribution in [1.29, 1.82) is 0 Å². The van der Waals surface area contributed by atoms with E-state index in [2.05, 4.69) is 64.3 Å². The highest BCUT2D eigenvalue weighted by Gasteiger charge is 2.06. The van der Waals surface area contributed by atoms with Crippen LogP contribution in [0.2, 0.25) is 0 Å². The summed E-state index contributed by atoms with van der Waals surface area (Å²) in [5.74, 6) is 1.93. The Kier molecular flexibility index (Phi) is 10.0. The Morgan fingerprint density at radius 1 is 0.885 bits per heavy atom. The fraction of sp³-hybridized carbons (Fsp3) is 0.545. The van der Waals surface area contributed by atoms with Crippen molar-refractivity contribution in [3.8, 4) is 11.3 Å². The number of halogens is 1. The van der Waals surface area contributed by atoms with E-state index in [0.29, 0.717) is 0 Å². The Hall–Kier alpha value is -1.10. The van der Waals surface area contributed by atoms with E-state index < -0.39 is 0 Å². The summed E-state index contributed by atoms with van der Waals surface area (Å²) in [6.45, 7) is 10.0. The number of hydrogen-bond donors (Lipinski definition) is 1. The van der Waals surface area contributed by atoms with Gasteiger partial charge in [-0.15, -0.1) is 0 Å². The molecule has 0 saturated heterocycles. The summed E-state index contributed by atoms with van der Waals surface area (Å²) in [4.78, 5) is 2.62. The van der Waals surface area contributed by atoms with Crippen molar-refractivity contribution in [2.24, 2.45) is 0 Å². The van der Waals surface area contributed by atoms with Crippen LogP contribution < -0.4 is 5.32 Å². The average molecular weight is 421 g/mol. The topological polar surface area (TPSA) is 28.4 Å². The molecule has 1 aromatic heterocycles. The second-order valence-corrected chi connectivity index (χ2v) is 7.77. The van der Waals surface area contributed by atoms with E-state index in [4.69, 9.17) is 4.42 Å². The standard InChI is InChI=1S/C22H33BrN2O/c1-3-5-15-25(16-6-4-2)17-7-14-24-18-21-12-13-22(26-21)19-8-10-20(23)11-9-19/h8-13,24H,3-7,14-18H2,1-2H3. The van der Waals surface area contributed by atoms with Crippen LogP contribution in [0.25, 0.3) is 11.3 Å². The van der Waals surface area contributed by atoms with Crippen LogP contribution in [0.3, 0.4) is 0 Å². The summed E-state index contributed by atoms with van der Waals surface area (Å²) in [5.41, 5.74) is 1.11. The maximum atomic E-state index is 5.96. The lowest BCUT2D eigenvalue weighted by molar-refractivity contribution is 0.260. The first-order valence-corrected chi connectivity index (χ1v) is 10.8. The Balaban J connectivity index is 1.68. The van der Waals surface area contributed by atoms with Crippen molar-refractivity contribution in [1.82, 2.24) is 10.2 Å². The fourth-order valence-corrected chi connectivity index (χ4v) is 3.24. The molecule has 0 aliphatic rings. The van der Waals surface area contributed by atoms with Crippen LogP contribution in [-0.2, 0) is 6.54 Å². The average Bonchev–Trinajstić information content (AvgIpc) is 3.12. The molecule has 144 valence electrons. The van der Waals surface area contributed by atoms with Gasteiger partial charge in [0, 0.05) is 10.0 Å². The van der Waals surface area contributed by atoms with Crippen molar-refractivity contribution in [2.75, 3.05) is 26.2 Å². The molecule has 0 saturated carbocycles. The van der Waals surface area contributed by atoms with E-state index in [1.165, 1.54) is 51.7 Å². The van der Waals surface area contributed by atoms with Gasteiger partial charge in [-0.3, -0.25) is 0 Å². The molecular formula is C22H33BrN2O. The Morgan fingerprint density at radius 3 is 2.19 bits per heavy atom. The SMILES string of the molecule is CCCCN(CCCC)CCCNCc1ccc(-c2ccc(Br)cc2)o1. The first kappa shape index (κ1) is 21.2. The monoisotopic (exact) mass is 420 g/mol. The number of rotatable bonds is 13. The number of benzene rings is 1. The van der Waals surface area contributed by atoms with Crippen molar-refractivity contribution >= 4 is 15.9 Å². The molecule has 0 unspecified atom stereocenters. The second-order valence-electron chi connectivity index (χ2n) is 6.85. The summed E-state index contributed by atoms with van der Waals surface area (Å²) in [7, 11) is 0. The van der Waals surface area contributed by atoms with Gasteiger partial charge in [-0.25, -0.2) is 0 Å². The molecule has 0 fully saturated rings. The molecule has 1 aromatic carbocycles. The molecule has 4 heteroatoms. The summed E-state index contributed by atoms with van der Waals surface area (Å²) in [5, 5.41) is 3.52. The zero-order chi connectivity index (χ0) is 18.6. The quantitative estimate of drug-likeness (QED) is 0.397. The van der Waals surface area contributed by atoms with Crippen LogP contribution in [-0.4, -0.2) is 31.1 Å². The third-order valence-electron chi connectivity index (χ3n) is 4.57. The lowest BCUT2D eigenvalue weighted by Crippen LogP contribution is -2.29. The van der Waals surface area contributed by atoms with Gasteiger partial charge in [0.05, 0.1) is 6.54 Å². The van der Waals surface area contributed by atoms with Gasteiger partial charge >= 0.3 is 0 Å². The number of furan rings is 1. The van der Waals surface area contributed by atoms with Crippen LogP contribution in [0.5, 0.6) is 0 Å². The highest BCUT2D eigenvalue weighted by Crippen LogP contribution is 2.23. The van der Waals surface area contributed by atoms with E-state index in [1.807, 2.05) is 12.1 Å². The highest BCUT2D eigenvalue weighted by molar-refractivity contribution is 9.10. The molecule has 0 radical (unpaired) electrons. The first-order valence-electron chi connectivity index (χ1n) is 10.0. The maximum absolute atomic E-state index is 5.96. The largest absolute Gasteiger partial charge is 0.460 e. The molecule has 0 bridgehead atoms. The summed E-state index contributed by atoms with van der Waals surface area (Å²) in [6.07, 6.45) is 6.36. The molecule has 2 aromatic rings. The Bertz CT molecular complexity index is 601. The molecule has 1 N–H and O–H groups in total. The molecule has 0 aliphatic heterocycles. The van der Waals surface area contributed by atoms with E-state index in [0.717, 1.165) is 34.6 Å². The van der Waals surface area contributed by atoms with E-state index in [-0.39, 0.29) is 0 Å². The third kappa shape index (κ3) is 7.65. The Morgan fingerprint density at radius 2 is 1.54 bits per heavy atom. The number of unbranched alkanes of at least 4 members (excludes halogenated alkanes) is 2. The van der Waals surface area contributed by atoms with Crippen LogP contribution in [0.1, 0.15) is 51.7 Å². The van der Waals surface area contributed by atoms with Gasteiger partial charge in [0.1, 0.15) is 11.5 Å². The highest BCUT2D eigenvalue weighted by atomic mass is 79.9. The zero-order valence-electron chi connectivity index (χ0n) is 16.3. The molecule has 26 heavy (non-hydrogen) atoms. The van der Waals surface area contributed by atoms with Gasteiger partial charge in [-0.2, -0.15) is 0 Å². The molecular weight excluding hydrogens is 388 g/mol. The van der Waals surface area contributed by atoms with Crippen LogP contribution >= 0.6 is 15.9 Å². The normalized spacial score (nSPS) is 11.4. The Labute approximate surface area is 167 Å². The summed E-state index contributed by atoms with van der Waals surface area (Å²) in [6, 6.07) is 12.3. The van der Waals surface area contributed by atoms with E-state index >= 15 is 0 Å². The maximum Gasteiger partial charge on any atom is 0.134 e. The second kappa shape index (κ2) is 12.3. The minimum atomic E-state index is 0.792. The fourth-order valence-electron chi connectivity index (χ4n) is 2.98. The molecule has 0 spiro atoms. The van der Waals surface area contributed by atoms with Crippen molar-refractivity contribution in [3.05, 3.63) is 46.6 Å². The lowest BCUT2D eigenvalue weighted by atomic mass is 10.2. The minimum absolute atomic E-state index is 0.792. The van der Waals surface area contributed by atoms with Crippen molar-refractivity contribution in [2.45, 2.75) is 52.5 Å². The van der Waals surface area contributed by atoms with Crippen LogP contribution in [0.15, 0.2) is 45.3 Å². The molecule has 0 atom stereocenters. The van der Waals surface area contributed by atoms with Crippen molar-refractivity contribution in [3.63, 3.8) is 0 Å². The van der Waals surface area contributed by atoms with Gasteiger partial charge in [0.25, 0.3) is 0 Å². The number of nitrogens with one attached hydrogen (secondary N) is 1. The summed E-state index contributed by atoms with van der Waals surface area (Å²) < 4.78 is 7.04. The third-order valence-corrected chi connectivity index (χ3v) is 5.10. The van der Waals surface area contributed by atoms with Crippen LogP contribution in [0, 0.1) is 0 Å². The van der Waals surface area contributed by atoms with E-state index in [9.17, 15) is 0 Å². The number of hydrogen-bond acceptors (Lipinski definition) is 3. The molecule has 2 rings (SSSR count). The lowest BCUT2D eigenvalue weighted by Gasteiger charge is -2.21. The van der Waals surface area contributed by atoms with Gasteiger partial charge in [-0.1, -0.05) is 54.8 Å². The summed E-state index contributed by atoms with van der Waals surface area (Å²) >= 11 is 3.47. The minimum Gasteiger partial charge on any atom is -0.460 e. The molecule has 0 amide bonds. The van der Waals surface area contributed by atoms with Gasteiger partial charge in [-0.05, 0) is 69.7 Å². The van der Waals surface area contributed by atoms with Crippen molar-refractivity contribution < 1.29 is 4.42 Å². The molecule has 0 aliphatic carbocycles. The van der Waals surface area contributed by atoms with Gasteiger partial charge < -0.3 is 14.6 Å². The number of nitrogens with zero attached hydrogens (tertiary/aromatic N) is 1. The molecule has 1 heterocycles. The van der Waals surface area contributed by atoms with Gasteiger partial charge in [0.2, 0.25) is 0 Å². The predicted molar refractivity (Wildman–Crippen MR) is 114 cm³/mol. The zero-order valence-corrected chi connectivity index (χ0v) is 17.9. The van der Waals surface area contributed by atoms with Gasteiger partial charge in [0.15, 0.2) is 0 Å². The van der Waals surface area contributed by atoms with E-state index in [1.54, 1.807) is 0 Å². The molecule has 3 nitrogen and oxygen atoms in total.